The molecule has 0 aromatic carbocycles. The summed E-state index contributed by atoms with van der Waals surface area (Å²) in [5, 5.41) is 0. The summed E-state index contributed by atoms with van der Waals surface area (Å²) in [5.74, 6) is 1.35. The summed E-state index contributed by atoms with van der Waals surface area (Å²) in [5.41, 5.74) is 0.456. The lowest BCUT2D eigenvalue weighted by atomic mass is 9.91. The molecule has 0 aromatic rings. The molecule has 0 amide bonds. The minimum atomic E-state index is 0.456. The Balaban J connectivity index is 3.00. The molecule has 0 bridgehead atoms. The number of hydrogen-bond acceptors (Lipinski definition) is 2. The van der Waals surface area contributed by atoms with Crippen molar-refractivity contribution < 1.29 is 4.74 Å². The molecule has 0 aliphatic heterocycles. The van der Waals surface area contributed by atoms with Crippen LogP contribution in [0.1, 0.15) is 104 Å². The Morgan fingerprint density at radius 1 is 0.609 bits per heavy atom. The van der Waals surface area contributed by atoms with Gasteiger partial charge in [0, 0.05) is 13.2 Å². The van der Waals surface area contributed by atoms with Gasteiger partial charge in [-0.05, 0) is 43.1 Å². The lowest BCUT2D eigenvalue weighted by molar-refractivity contribution is 0.118. The monoisotopic (exact) mass is 344 g/mol. The summed E-state index contributed by atoms with van der Waals surface area (Å²) in [6.07, 6.45) is 20.2. The fourth-order valence-corrected chi connectivity index (χ4v) is 3.34. The van der Waals surface area contributed by atoms with Gasteiger partial charge in [-0.1, -0.05) is 78.6 Å². The number of ether oxygens (including phenoxy) is 1. The largest absolute Gasteiger partial charge is 0.381 e. The number of thioether (sulfide) groups is 1. The highest BCUT2D eigenvalue weighted by atomic mass is 32.2. The Kier molecular flexibility index (Phi) is 17.4. The first-order chi connectivity index (χ1) is 11.1. The first-order valence-electron chi connectivity index (χ1n) is 10.1. The van der Waals surface area contributed by atoms with Crippen LogP contribution in [-0.4, -0.2) is 25.2 Å². The van der Waals surface area contributed by atoms with Crippen LogP contribution in [0.15, 0.2) is 0 Å². The van der Waals surface area contributed by atoms with Crippen molar-refractivity contribution in [1.29, 1.82) is 0 Å². The van der Waals surface area contributed by atoms with E-state index in [0.29, 0.717) is 5.41 Å². The predicted octanol–water partition coefficient (Wildman–Crippen LogP) is 7.48. The average Bonchev–Trinajstić information content (AvgIpc) is 2.49. The highest BCUT2D eigenvalue weighted by Crippen LogP contribution is 2.20. The molecule has 0 rings (SSSR count). The molecule has 140 valence electrons. The maximum Gasteiger partial charge on any atom is 0.0466 e. The first kappa shape index (κ1) is 23.3. The molecule has 2 heteroatoms. The van der Waals surface area contributed by atoms with Gasteiger partial charge < -0.3 is 4.74 Å². The maximum absolute atomic E-state index is 5.73. The van der Waals surface area contributed by atoms with E-state index < -0.39 is 0 Å². The normalized spacial score (nSPS) is 12.0. The number of hydrogen-bond donors (Lipinski definition) is 0. The molecule has 0 aromatic heterocycles. The van der Waals surface area contributed by atoms with E-state index >= 15 is 0 Å². The van der Waals surface area contributed by atoms with Crippen LogP contribution in [0.5, 0.6) is 0 Å². The standard InChI is InChI=1S/C21H44OS/c1-21(2,3)17-16-19-22-18-14-12-10-8-6-5-7-9-11-13-15-20-23-4/h5-20H2,1-4H3. The Morgan fingerprint density at radius 2 is 1.04 bits per heavy atom. The predicted molar refractivity (Wildman–Crippen MR) is 109 cm³/mol. The van der Waals surface area contributed by atoms with Gasteiger partial charge in [-0.15, -0.1) is 0 Å². The SMILES string of the molecule is CSCCCCCCCCCCCCCOCCCC(C)(C)C. The van der Waals surface area contributed by atoms with Gasteiger partial charge in [0.05, 0.1) is 0 Å². The smallest absolute Gasteiger partial charge is 0.0466 e. The van der Waals surface area contributed by atoms with Crippen LogP contribution in [-0.2, 0) is 4.74 Å². The topological polar surface area (TPSA) is 9.23 Å². The van der Waals surface area contributed by atoms with Crippen LogP contribution in [0.2, 0.25) is 0 Å². The summed E-state index contributed by atoms with van der Waals surface area (Å²) in [6, 6.07) is 0. The molecule has 23 heavy (non-hydrogen) atoms. The second-order valence-electron chi connectivity index (χ2n) is 8.16. The van der Waals surface area contributed by atoms with Crippen molar-refractivity contribution >= 4 is 11.8 Å². The number of rotatable bonds is 17. The van der Waals surface area contributed by atoms with E-state index in [1.165, 1.54) is 89.2 Å². The third-order valence-corrected chi connectivity index (χ3v) is 5.05. The van der Waals surface area contributed by atoms with Crippen molar-refractivity contribution in [1.82, 2.24) is 0 Å². The van der Waals surface area contributed by atoms with Gasteiger partial charge in [0.2, 0.25) is 0 Å². The van der Waals surface area contributed by atoms with Crippen molar-refractivity contribution in [2.45, 2.75) is 104 Å². The molecular formula is C21H44OS. The van der Waals surface area contributed by atoms with Crippen molar-refractivity contribution in [2.24, 2.45) is 5.41 Å². The quantitative estimate of drug-likeness (QED) is 0.253. The molecule has 0 fully saturated rings. The van der Waals surface area contributed by atoms with E-state index in [9.17, 15) is 0 Å². The summed E-state index contributed by atoms with van der Waals surface area (Å²) in [4.78, 5) is 0. The van der Waals surface area contributed by atoms with Gasteiger partial charge in [0.25, 0.3) is 0 Å². The average molecular weight is 345 g/mol. The molecule has 0 heterocycles. The maximum atomic E-state index is 5.73. The zero-order valence-corrected chi connectivity index (χ0v) is 17.4. The molecule has 0 aliphatic carbocycles. The van der Waals surface area contributed by atoms with Gasteiger partial charge in [0.15, 0.2) is 0 Å². The minimum Gasteiger partial charge on any atom is -0.381 e. The van der Waals surface area contributed by atoms with Crippen molar-refractivity contribution in [3.05, 3.63) is 0 Å². The van der Waals surface area contributed by atoms with E-state index in [4.69, 9.17) is 4.74 Å². The highest BCUT2D eigenvalue weighted by molar-refractivity contribution is 7.98. The second-order valence-corrected chi connectivity index (χ2v) is 9.14. The van der Waals surface area contributed by atoms with Crippen molar-refractivity contribution in [2.75, 3.05) is 25.2 Å². The Hall–Kier alpha value is 0.310. The molecule has 0 unspecified atom stereocenters. The third kappa shape index (κ3) is 22.3. The zero-order chi connectivity index (χ0) is 17.2. The molecule has 1 nitrogen and oxygen atoms in total. The van der Waals surface area contributed by atoms with Crippen LogP contribution in [0.4, 0.5) is 0 Å². The molecule has 0 saturated heterocycles. The van der Waals surface area contributed by atoms with Crippen LogP contribution < -0.4 is 0 Å². The van der Waals surface area contributed by atoms with E-state index in [1.807, 2.05) is 11.8 Å². The fraction of sp³-hybridized carbons (Fsp3) is 1.00. The first-order valence-corrected chi connectivity index (χ1v) is 11.5. The number of unbranched alkanes of at least 4 members (excludes halogenated alkanes) is 10. The highest BCUT2D eigenvalue weighted by Gasteiger charge is 2.08. The summed E-state index contributed by atoms with van der Waals surface area (Å²) in [7, 11) is 0. The van der Waals surface area contributed by atoms with Gasteiger partial charge in [-0.25, -0.2) is 0 Å². The third-order valence-electron chi connectivity index (χ3n) is 4.35. The molecular weight excluding hydrogens is 300 g/mol. The molecule has 0 radical (unpaired) electrons. The van der Waals surface area contributed by atoms with Crippen molar-refractivity contribution in [3.63, 3.8) is 0 Å². The molecule has 0 aliphatic rings. The summed E-state index contributed by atoms with van der Waals surface area (Å²) in [6.45, 7) is 8.84. The van der Waals surface area contributed by atoms with Crippen molar-refractivity contribution in [3.8, 4) is 0 Å². The van der Waals surface area contributed by atoms with E-state index in [0.717, 1.165) is 13.2 Å². The van der Waals surface area contributed by atoms with E-state index in [2.05, 4.69) is 27.0 Å². The minimum absolute atomic E-state index is 0.456. The van der Waals surface area contributed by atoms with Crippen LogP contribution in [0, 0.1) is 5.41 Å². The lowest BCUT2D eigenvalue weighted by Crippen LogP contribution is -2.07. The van der Waals surface area contributed by atoms with Gasteiger partial charge in [-0.3, -0.25) is 0 Å². The fourth-order valence-electron chi connectivity index (χ4n) is 2.85. The Morgan fingerprint density at radius 3 is 1.52 bits per heavy atom. The zero-order valence-electron chi connectivity index (χ0n) is 16.6. The molecule has 0 saturated carbocycles. The summed E-state index contributed by atoms with van der Waals surface area (Å²) >= 11 is 1.98. The Labute approximate surface area is 151 Å². The van der Waals surface area contributed by atoms with Gasteiger partial charge >= 0.3 is 0 Å². The second kappa shape index (κ2) is 17.1. The van der Waals surface area contributed by atoms with Gasteiger partial charge in [-0.2, -0.15) is 11.8 Å². The van der Waals surface area contributed by atoms with Crippen LogP contribution >= 0.6 is 11.8 Å². The van der Waals surface area contributed by atoms with Gasteiger partial charge in [0.1, 0.15) is 0 Å². The molecule has 0 N–H and O–H groups in total. The Bertz CT molecular complexity index is 222. The summed E-state index contributed by atoms with van der Waals surface area (Å²) < 4.78 is 5.73. The van der Waals surface area contributed by atoms with Crippen LogP contribution in [0.25, 0.3) is 0 Å². The molecule has 0 spiro atoms. The van der Waals surface area contributed by atoms with E-state index in [-0.39, 0.29) is 0 Å². The lowest BCUT2D eigenvalue weighted by Gasteiger charge is -2.17. The van der Waals surface area contributed by atoms with Crippen LogP contribution in [0.3, 0.4) is 0 Å². The van der Waals surface area contributed by atoms with E-state index in [1.54, 1.807) is 0 Å². The molecule has 0 atom stereocenters.